The number of hydrogen-bond donors (Lipinski definition) is 1. The summed E-state index contributed by atoms with van der Waals surface area (Å²) in [5.41, 5.74) is 0. The van der Waals surface area contributed by atoms with Crippen LogP contribution in [0, 0.1) is 6.92 Å². The molecule has 2 unspecified atom stereocenters. The van der Waals surface area contributed by atoms with Crippen LogP contribution in [0.25, 0.3) is 0 Å². The lowest BCUT2D eigenvalue weighted by atomic mass is 10.0. The average molecular weight is 194 g/mol. The van der Waals surface area contributed by atoms with Crippen molar-refractivity contribution in [2.75, 3.05) is 5.32 Å². The maximum Gasteiger partial charge on any atom is 0.221 e. The van der Waals surface area contributed by atoms with Gasteiger partial charge in [-0.15, -0.1) is 0 Å². The van der Waals surface area contributed by atoms with Gasteiger partial charge < -0.3 is 5.32 Å². The minimum Gasteiger partial charge on any atom is -0.352 e. The predicted molar refractivity (Wildman–Crippen MR) is 56.4 cm³/mol. The largest absolute Gasteiger partial charge is 0.352 e. The molecule has 0 bridgehead atoms. The molecule has 1 aliphatic rings. The summed E-state index contributed by atoms with van der Waals surface area (Å²) in [6.07, 6.45) is 3.46. The number of aromatic nitrogens is 3. The summed E-state index contributed by atoms with van der Waals surface area (Å²) in [6.45, 7) is 6.37. The Labute approximate surface area is 84.7 Å². The normalized spacial score (nSPS) is 25.6. The molecule has 1 N–H and O–H groups in total. The molecule has 0 saturated carbocycles. The molecule has 0 aromatic carbocycles. The van der Waals surface area contributed by atoms with Gasteiger partial charge in [-0.25, -0.2) is 4.68 Å². The fourth-order valence-corrected chi connectivity index (χ4v) is 2.06. The van der Waals surface area contributed by atoms with Crippen molar-refractivity contribution < 1.29 is 0 Å². The Hall–Kier alpha value is -1.06. The average Bonchev–Trinajstić information content (AvgIpc) is 2.56. The van der Waals surface area contributed by atoms with E-state index in [9.17, 15) is 0 Å². The lowest BCUT2D eigenvalue weighted by molar-refractivity contribution is 0.360. The first-order chi connectivity index (χ1) is 6.74. The molecule has 78 valence electrons. The number of hydrogen-bond acceptors (Lipinski definition) is 3. The van der Waals surface area contributed by atoms with E-state index in [1.165, 1.54) is 6.42 Å². The highest BCUT2D eigenvalue weighted by atomic mass is 15.4. The van der Waals surface area contributed by atoms with Gasteiger partial charge >= 0.3 is 0 Å². The van der Waals surface area contributed by atoms with Crippen LogP contribution < -0.4 is 5.32 Å². The quantitative estimate of drug-likeness (QED) is 0.784. The molecule has 0 fully saturated rings. The third-order valence-corrected chi connectivity index (χ3v) is 2.94. The first-order valence-electron chi connectivity index (χ1n) is 5.44. The molecule has 1 aliphatic heterocycles. The molecule has 4 heteroatoms. The molecular formula is C10H18N4. The molecule has 4 nitrogen and oxygen atoms in total. The minimum absolute atomic E-state index is 0.525. The van der Waals surface area contributed by atoms with Gasteiger partial charge in [0.25, 0.3) is 0 Å². The van der Waals surface area contributed by atoms with E-state index >= 15 is 0 Å². The van der Waals surface area contributed by atoms with Crippen molar-refractivity contribution in [3.05, 3.63) is 5.82 Å². The second kappa shape index (κ2) is 3.59. The van der Waals surface area contributed by atoms with Gasteiger partial charge in [0.1, 0.15) is 5.82 Å². The van der Waals surface area contributed by atoms with Gasteiger partial charge in [0.05, 0.1) is 6.04 Å². The van der Waals surface area contributed by atoms with Crippen LogP contribution in [0.3, 0.4) is 0 Å². The van der Waals surface area contributed by atoms with Crippen molar-refractivity contribution >= 4 is 5.95 Å². The number of nitrogens with one attached hydrogen (secondary N) is 1. The standard InChI is InChI=1S/C10H18N4/c1-4-8-6-9(5-2)14-10(12-8)11-7(3)13-14/h8-9H,4-6H2,1-3H3,(H,11,12,13). The summed E-state index contributed by atoms with van der Waals surface area (Å²) in [5.74, 6) is 1.81. The second-order valence-corrected chi connectivity index (χ2v) is 3.97. The predicted octanol–water partition coefficient (Wildman–Crippen LogP) is 2.13. The molecule has 0 aliphatic carbocycles. The second-order valence-electron chi connectivity index (χ2n) is 3.97. The minimum atomic E-state index is 0.525. The number of fused-ring (bicyclic) bond motifs is 1. The van der Waals surface area contributed by atoms with Crippen molar-refractivity contribution in [2.45, 2.75) is 52.1 Å². The van der Waals surface area contributed by atoms with Gasteiger partial charge in [0, 0.05) is 6.04 Å². The SMILES string of the molecule is CCC1CC(CC)n2nc(C)nc2N1. The Bertz CT molecular complexity index is 318. The zero-order valence-corrected chi connectivity index (χ0v) is 9.12. The van der Waals surface area contributed by atoms with Crippen LogP contribution in [-0.4, -0.2) is 20.8 Å². The maximum absolute atomic E-state index is 4.42. The van der Waals surface area contributed by atoms with E-state index in [0.29, 0.717) is 12.1 Å². The van der Waals surface area contributed by atoms with Crippen molar-refractivity contribution in [1.82, 2.24) is 14.8 Å². The van der Waals surface area contributed by atoms with Crippen LogP contribution in [0.2, 0.25) is 0 Å². The summed E-state index contributed by atoms with van der Waals surface area (Å²) < 4.78 is 2.04. The molecule has 1 aromatic rings. The molecule has 2 heterocycles. The lowest BCUT2D eigenvalue weighted by Gasteiger charge is -2.29. The molecule has 14 heavy (non-hydrogen) atoms. The lowest BCUT2D eigenvalue weighted by Crippen LogP contribution is -2.31. The Morgan fingerprint density at radius 2 is 2.21 bits per heavy atom. The first-order valence-corrected chi connectivity index (χ1v) is 5.44. The van der Waals surface area contributed by atoms with Crippen LogP contribution in [0.4, 0.5) is 5.95 Å². The number of rotatable bonds is 2. The molecule has 0 saturated heterocycles. The third kappa shape index (κ3) is 1.49. The number of aryl methyl sites for hydroxylation is 1. The molecule has 0 amide bonds. The van der Waals surface area contributed by atoms with Gasteiger partial charge in [0.15, 0.2) is 0 Å². The molecule has 2 rings (SSSR count). The number of anilines is 1. The summed E-state index contributed by atoms with van der Waals surface area (Å²) in [4.78, 5) is 4.39. The van der Waals surface area contributed by atoms with E-state index < -0.39 is 0 Å². The van der Waals surface area contributed by atoms with E-state index in [0.717, 1.165) is 24.6 Å². The fraction of sp³-hybridized carbons (Fsp3) is 0.800. The van der Waals surface area contributed by atoms with Crippen molar-refractivity contribution in [2.24, 2.45) is 0 Å². The van der Waals surface area contributed by atoms with E-state index in [4.69, 9.17) is 0 Å². The molecule has 1 aromatic heterocycles. The van der Waals surface area contributed by atoms with E-state index in [2.05, 4.69) is 29.2 Å². The molecule has 2 atom stereocenters. The highest BCUT2D eigenvalue weighted by Crippen LogP contribution is 2.28. The maximum atomic E-state index is 4.42. The van der Waals surface area contributed by atoms with Gasteiger partial charge in [-0.2, -0.15) is 10.1 Å². The van der Waals surface area contributed by atoms with Crippen LogP contribution in [-0.2, 0) is 0 Å². The van der Waals surface area contributed by atoms with Crippen LogP contribution in [0.5, 0.6) is 0 Å². The van der Waals surface area contributed by atoms with Gasteiger partial charge in [-0.05, 0) is 26.2 Å². The van der Waals surface area contributed by atoms with Gasteiger partial charge in [-0.3, -0.25) is 0 Å². The van der Waals surface area contributed by atoms with Crippen molar-refractivity contribution in [3.8, 4) is 0 Å². The number of nitrogens with zero attached hydrogens (tertiary/aromatic N) is 3. The van der Waals surface area contributed by atoms with E-state index in [1.54, 1.807) is 0 Å². The highest BCUT2D eigenvalue weighted by molar-refractivity contribution is 5.30. The Morgan fingerprint density at radius 3 is 2.86 bits per heavy atom. The van der Waals surface area contributed by atoms with E-state index in [1.807, 2.05) is 11.6 Å². The van der Waals surface area contributed by atoms with Crippen molar-refractivity contribution in [3.63, 3.8) is 0 Å². The Kier molecular flexibility index (Phi) is 2.44. The highest BCUT2D eigenvalue weighted by Gasteiger charge is 2.25. The topological polar surface area (TPSA) is 42.7 Å². The summed E-state index contributed by atoms with van der Waals surface area (Å²) in [5, 5.41) is 7.84. The summed E-state index contributed by atoms with van der Waals surface area (Å²) in [7, 11) is 0. The monoisotopic (exact) mass is 194 g/mol. The van der Waals surface area contributed by atoms with Gasteiger partial charge in [0.2, 0.25) is 5.95 Å². The zero-order chi connectivity index (χ0) is 10.1. The summed E-state index contributed by atoms with van der Waals surface area (Å²) in [6, 6.07) is 1.09. The van der Waals surface area contributed by atoms with Crippen LogP contribution >= 0.6 is 0 Å². The smallest absolute Gasteiger partial charge is 0.221 e. The molecule has 0 radical (unpaired) electrons. The summed E-state index contributed by atoms with van der Waals surface area (Å²) >= 11 is 0. The first kappa shape index (κ1) is 9.49. The zero-order valence-electron chi connectivity index (χ0n) is 9.12. The molecule has 0 spiro atoms. The third-order valence-electron chi connectivity index (χ3n) is 2.94. The Balaban J connectivity index is 2.30. The van der Waals surface area contributed by atoms with Crippen LogP contribution in [0.1, 0.15) is 45.0 Å². The Morgan fingerprint density at radius 1 is 1.43 bits per heavy atom. The molecular weight excluding hydrogens is 176 g/mol. The van der Waals surface area contributed by atoms with Gasteiger partial charge in [-0.1, -0.05) is 13.8 Å². The fourth-order valence-electron chi connectivity index (χ4n) is 2.06. The van der Waals surface area contributed by atoms with E-state index in [-0.39, 0.29) is 0 Å². The van der Waals surface area contributed by atoms with Crippen LogP contribution in [0.15, 0.2) is 0 Å². The van der Waals surface area contributed by atoms with Crippen molar-refractivity contribution in [1.29, 1.82) is 0 Å².